The molecule has 0 aliphatic carbocycles. The first-order chi connectivity index (χ1) is 13.3. The zero-order valence-corrected chi connectivity index (χ0v) is 16.5. The van der Waals surface area contributed by atoms with Gasteiger partial charge in [0.25, 0.3) is 0 Å². The standard InChI is InChI=1S/C20H18BrNO6/c1-12(23)13-5-8-15(9-6-13)22-20(27)28-18(3-2-4-19(25)26)16-11-14(21)7-10-17(16)24/h2,4-11,18,24H,3H2,1H3,(H,22,27)(H,25,26)/b4-2+/t18-/m0/s1. The van der Waals surface area contributed by atoms with Gasteiger partial charge in [0.05, 0.1) is 0 Å². The Morgan fingerprint density at radius 3 is 2.46 bits per heavy atom. The van der Waals surface area contributed by atoms with Crippen LogP contribution in [-0.2, 0) is 9.53 Å². The number of nitrogens with one attached hydrogen (secondary N) is 1. The van der Waals surface area contributed by atoms with Crippen LogP contribution in [-0.4, -0.2) is 28.1 Å². The average molecular weight is 448 g/mol. The molecule has 0 fully saturated rings. The van der Waals surface area contributed by atoms with Crippen LogP contribution in [0.15, 0.2) is 59.1 Å². The SMILES string of the molecule is CC(=O)c1ccc(NC(=O)O[C@@H](C/C=C/C(=O)O)c2cc(Br)ccc2O)cc1. The monoisotopic (exact) mass is 447 g/mol. The van der Waals surface area contributed by atoms with Gasteiger partial charge in [0.15, 0.2) is 5.78 Å². The van der Waals surface area contributed by atoms with Crippen LogP contribution in [0.4, 0.5) is 10.5 Å². The van der Waals surface area contributed by atoms with E-state index in [1.54, 1.807) is 36.4 Å². The van der Waals surface area contributed by atoms with E-state index in [-0.39, 0.29) is 18.0 Å². The molecule has 3 N–H and O–H groups in total. The smallest absolute Gasteiger partial charge is 0.412 e. The molecule has 146 valence electrons. The Balaban J connectivity index is 2.16. The van der Waals surface area contributed by atoms with Gasteiger partial charge in [-0.15, -0.1) is 0 Å². The number of carboxylic acid groups (broad SMARTS) is 1. The highest BCUT2D eigenvalue weighted by molar-refractivity contribution is 9.10. The Bertz CT molecular complexity index is 907. The molecule has 7 nitrogen and oxygen atoms in total. The second-order valence-electron chi connectivity index (χ2n) is 5.83. The van der Waals surface area contributed by atoms with Gasteiger partial charge in [0, 0.05) is 33.8 Å². The van der Waals surface area contributed by atoms with Crippen molar-refractivity contribution in [2.24, 2.45) is 0 Å². The number of benzene rings is 2. The normalized spacial score (nSPS) is 11.8. The molecule has 28 heavy (non-hydrogen) atoms. The van der Waals surface area contributed by atoms with E-state index in [4.69, 9.17) is 9.84 Å². The molecule has 0 saturated heterocycles. The van der Waals surface area contributed by atoms with Crippen LogP contribution >= 0.6 is 15.9 Å². The van der Waals surface area contributed by atoms with E-state index in [0.717, 1.165) is 6.08 Å². The van der Waals surface area contributed by atoms with Crippen molar-refractivity contribution in [3.63, 3.8) is 0 Å². The second-order valence-corrected chi connectivity index (χ2v) is 6.75. The lowest BCUT2D eigenvalue weighted by Gasteiger charge is -2.18. The fourth-order valence-corrected chi connectivity index (χ4v) is 2.76. The topological polar surface area (TPSA) is 113 Å². The number of carbonyl (C=O) groups is 3. The third-order valence-corrected chi connectivity index (χ3v) is 4.23. The highest BCUT2D eigenvalue weighted by Crippen LogP contribution is 2.32. The fraction of sp³-hybridized carbons (Fsp3) is 0.150. The van der Waals surface area contributed by atoms with Gasteiger partial charge < -0.3 is 14.9 Å². The molecule has 0 radical (unpaired) electrons. The van der Waals surface area contributed by atoms with Gasteiger partial charge in [-0.05, 0) is 49.4 Å². The lowest BCUT2D eigenvalue weighted by molar-refractivity contribution is -0.131. The molecule has 0 aliphatic heterocycles. The summed E-state index contributed by atoms with van der Waals surface area (Å²) in [6.45, 7) is 1.44. The van der Waals surface area contributed by atoms with E-state index in [1.165, 1.54) is 19.1 Å². The molecule has 0 bridgehead atoms. The summed E-state index contributed by atoms with van der Waals surface area (Å²) in [7, 11) is 0. The molecule has 2 aromatic rings. The third-order valence-electron chi connectivity index (χ3n) is 3.73. The van der Waals surface area contributed by atoms with E-state index >= 15 is 0 Å². The van der Waals surface area contributed by atoms with Crippen LogP contribution in [0.3, 0.4) is 0 Å². The highest BCUT2D eigenvalue weighted by Gasteiger charge is 2.20. The number of amides is 1. The summed E-state index contributed by atoms with van der Waals surface area (Å²) in [6, 6.07) is 10.9. The number of carboxylic acids is 1. The highest BCUT2D eigenvalue weighted by atomic mass is 79.9. The Hall–Kier alpha value is -3.13. The molecular weight excluding hydrogens is 430 g/mol. The summed E-state index contributed by atoms with van der Waals surface area (Å²) in [5.74, 6) is -1.31. The number of ketones is 1. The number of aromatic hydroxyl groups is 1. The van der Waals surface area contributed by atoms with Crippen molar-refractivity contribution in [3.8, 4) is 5.75 Å². The number of halogens is 1. The van der Waals surface area contributed by atoms with Gasteiger partial charge in [-0.1, -0.05) is 22.0 Å². The van der Waals surface area contributed by atoms with Crippen molar-refractivity contribution in [1.29, 1.82) is 0 Å². The summed E-state index contributed by atoms with van der Waals surface area (Å²) in [6.07, 6.45) is 0.618. The summed E-state index contributed by atoms with van der Waals surface area (Å²) >= 11 is 3.29. The molecule has 0 saturated carbocycles. The van der Waals surface area contributed by atoms with E-state index in [1.807, 2.05) is 0 Å². The fourth-order valence-electron chi connectivity index (χ4n) is 2.38. The zero-order valence-electron chi connectivity index (χ0n) is 14.9. The molecule has 0 aliphatic rings. The lowest BCUT2D eigenvalue weighted by atomic mass is 10.1. The number of rotatable bonds is 7. The van der Waals surface area contributed by atoms with Crippen molar-refractivity contribution in [2.45, 2.75) is 19.4 Å². The molecule has 0 aromatic heterocycles. The largest absolute Gasteiger partial charge is 0.508 e. The minimum atomic E-state index is -1.13. The zero-order chi connectivity index (χ0) is 20.7. The van der Waals surface area contributed by atoms with Crippen molar-refractivity contribution in [1.82, 2.24) is 0 Å². The Morgan fingerprint density at radius 2 is 1.86 bits per heavy atom. The first-order valence-electron chi connectivity index (χ1n) is 8.22. The summed E-state index contributed by atoms with van der Waals surface area (Å²) in [5, 5.41) is 21.4. The first-order valence-corrected chi connectivity index (χ1v) is 9.02. The Kier molecular flexibility index (Phi) is 7.34. The van der Waals surface area contributed by atoms with Crippen molar-refractivity contribution in [2.75, 3.05) is 5.32 Å². The molecule has 0 heterocycles. The lowest BCUT2D eigenvalue weighted by Crippen LogP contribution is -2.17. The van der Waals surface area contributed by atoms with Crippen molar-refractivity contribution >= 4 is 39.5 Å². The maximum atomic E-state index is 12.3. The summed E-state index contributed by atoms with van der Waals surface area (Å²) in [4.78, 5) is 34.3. The van der Waals surface area contributed by atoms with Gasteiger partial charge in [-0.3, -0.25) is 10.1 Å². The van der Waals surface area contributed by atoms with E-state index < -0.39 is 18.2 Å². The number of hydrogen-bond acceptors (Lipinski definition) is 5. The number of hydrogen-bond donors (Lipinski definition) is 3. The predicted molar refractivity (Wildman–Crippen MR) is 106 cm³/mol. The molecule has 1 amide bonds. The van der Waals surface area contributed by atoms with Gasteiger partial charge in [-0.25, -0.2) is 9.59 Å². The number of phenolic OH excluding ortho intramolecular Hbond substituents is 1. The Morgan fingerprint density at radius 1 is 1.18 bits per heavy atom. The van der Waals surface area contributed by atoms with Crippen LogP contribution < -0.4 is 5.32 Å². The van der Waals surface area contributed by atoms with Crippen molar-refractivity contribution in [3.05, 3.63) is 70.2 Å². The Labute approximate surface area is 169 Å². The molecule has 0 unspecified atom stereocenters. The maximum absolute atomic E-state index is 12.3. The van der Waals surface area contributed by atoms with E-state index in [9.17, 15) is 19.5 Å². The van der Waals surface area contributed by atoms with E-state index in [2.05, 4.69) is 21.2 Å². The summed E-state index contributed by atoms with van der Waals surface area (Å²) in [5.41, 5.74) is 1.26. The number of carbonyl (C=O) groups excluding carboxylic acids is 2. The van der Waals surface area contributed by atoms with E-state index in [0.29, 0.717) is 21.3 Å². The summed E-state index contributed by atoms with van der Waals surface area (Å²) < 4.78 is 6.06. The number of phenols is 1. The molecule has 0 spiro atoms. The molecule has 2 aromatic carbocycles. The van der Waals surface area contributed by atoms with Crippen LogP contribution in [0.1, 0.15) is 35.4 Å². The van der Waals surface area contributed by atoms with Crippen LogP contribution in [0, 0.1) is 0 Å². The number of anilines is 1. The molecule has 2 rings (SSSR count). The predicted octanol–water partition coefficient (Wildman–Crippen LogP) is 4.68. The molecule has 1 atom stereocenters. The van der Waals surface area contributed by atoms with Gasteiger partial charge in [0.2, 0.25) is 0 Å². The van der Waals surface area contributed by atoms with Crippen LogP contribution in [0.25, 0.3) is 0 Å². The quantitative estimate of drug-likeness (QED) is 0.419. The number of aliphatic carboxylic acids is 1. The van der Waals surface area contributed by atoms with Crippen molar-refractivity contribution < 1.29 is 29.3 Å². The van der Waals surface area contributed by atoms with Crippen LogP contribution in [0.5, 0.6) is 5.75 Å². The second kappa shape index (κ2) is 9.70. The maximum Gasteiger partial charge on any atom is 0.412 e. The minimum Gasteiger partial charge on any atom is -0.508 e. The van der Waals surface area contributed by atoms with Gasteiger partial charge in [0.1, 0.15) is 11.9 Å². The molecule has 8 heteroatoms. The minimum absolute atomic E-state index is 0.0486. The van der Waals surface area contributed by atoms with Gasteiger partial charge in [-0.2, -0.15) is 0 Å². The first kappa shape index (κ1) is 21.2. The molecular formula is C20H18BrNO6. The average Bonchev–Trinajstić information content (AvgIpc) is 2.63. The number of Topliss-reactive ketones (excluding diaryl/α,β-unsaturated/α-hetero) is 1. The van der Waals surface area contributed by atoms with Crippen LogP contribution in [0.2, 0.25) is 0 Å². The third kappa shape index (κ3) is 6.24. The number of ether oxygens (including phenoxy) is 1. The van der Waals surface area contributed by atoms with Gasteiger partial charge >= 0.3 is 12.1 Å².